The molecule has 2 amide bonds. The summed E-state index contributed by atoms with van der Waals surface area (Å²) in [6, 6.07) is 0. The van der Waals surface area contributed by atoms with Crippen molar-refractivity contribution in [2.45, 2.75) is 37.8 Å². The van der Waals surface area contributed by atoms with Crippen LogP contribution in [-0.4, -0.2) is 61.3 Å². The molecule has 6 nitrogen and oxygen atoms in total. The van der Waals surface area contributed by atoms with E-state index >= 15 is 0 Å². The lowest BCUT2D eigenvalue weighted by atomic mass is 9.94. The van der Waals surface area contributed by atoms with Crippen molar-refractivity contribution in [1.82, 2.24) is 10.2 Å². The van der Waals surface area contributed by atoms with Gasteiger partial charge in [-0.2, -0.15) is 0 Å². The van der Waals surface area contributed by atoms with E-state index in [1.165, 1.54) is 0 Å². The van der Waals surface area contributed by atoms with Gasteiger partial charge >= 0.3 is 0 Å². The van der Waals surface area contributed by atoms with Gasteiger partial charge in [0.2, 0.25) is 11.8 Å². The third-order valence-corrected chi connectivity index (χ3v) is 4.44. The van der Waals surface area contributed by atoms with E-state index in [9.17, 15) is 9.59 Å². The van der Waals surface area contributed by atoms with Crippen molar-refractivity contribution in [3.8, 4) is 0 Å². The zero-order valence-electron chi connectivity index (χ0n) is 11.9. The molecule has 1 saturated carbocycles. The number of nitrogens with one attached hydrogen (secondary N) is 1. The number of carbonyl (C=O) groups excluding carboxylic acids is 2. The van der Waals surface area contributed by atoms with Gasteiger partial charge in [0.1, 0.15) is 5.54 Å². The van der Waals surface area contributed by atoms with Crippen LogP contribution in [0.2, 0.25) is 0 Å². The van der Waals surface area contributed by atoms with E-state index in [0.29, 0.717) is 39.3 Å². The van der Waals surface area contributed by atoms with Crippen molar-refractivity contribution in [3.05, 3.63) is 0 Å². The second-order valence-corrected chi connectivity index (χ2v) is 6.09. The van der Waals surface area contributed by atoms with Crippen LogP contribution in [0.5, 0.6) is 0 Å². The number of amides is 2. The van der Waals surface area contributed by atoms with Crippen molar-refractivity contribution in [1.29, 1.82) is 0 Å². The Bertz CT molecular complexity index is 404. The predicted octanol–water partition coefficient (Wildman–Crippen LogP) is -0.0810. The molecule has 3 fully saturated rings. The maximum Gasteiger partial charge on any atom is 0.248 e. The van der Waals surface area contributed by atoms with Crippen molar-refractivity contribution < 1.29 is 19.1 Å². The highest BCUT2D eigenvalue weighted by molar-refractivity contribution is 5.93. The quantitative estimate of drug-likeness (QED) is 0.786. The Morgan fingerprint density at radius 3 is 2.80 bits per heavy atom. The maximum absolute atomic E-state index is 12.8. The molecule has 0 radical (unpaired) electrons. The van der Waals surface area contributed by atoms with Crippen LogP contribution in [0.15, 0.2) is 0 Å². The first-order valence-corrected chi connectivity index (χ1v) is 7.39. The van der Waals surface area contributed by atoms with Crippen molar-refractivity contribution >= 4 is 11.8 Å². The Morgan fingerprint density at radius 1 is 1.35 bits per heavy atom. The van der Waals surface area contributed by atoms with Gasteiger partial charge in [0.15, 0.2) is 0 Å². The molecule has 2 saturated heterocycles. The number of carbonyl (C=O) groups is 2. The lowest BCUT2D eigenvalue weighted by Gasteiger charge is -2.34. The fraction of sp³-hybridized carbons (Fsp3) is 0.857. The summed E-state index contributed by atoms with van der Waals surface area (Å²) < 4.78 is 11.0. The van der Waals surface area contributed by atoms with E-state index in [1.54, 1.807) is 4.90 Å². The van der Waals surface area contributed by atoms with Crippen molar-refractivity contribution in [3.63, 3.8) is 0 Å². The summed E-state index contributed by atoms with van der Waals surface area (Å²) in [5.74, 6) is 0.277. The van der Waals surface area contributed by atoms with Gasteiger partial charge in [-0.15, -0.1) is 0 Å². The van der Waals surface area contributed by atoms with Crippen LogP contribution in [-0.2, 0) is 19.1 Å². The summed E-state index contributed by atoms with van der Waals surface area (Å²) in [5, 5.41) is 2.93. The topological polar surface area (TPSA) is 67.9 Å². The molecule has 3 rings (SSSR count). The van der Waals surface area contributed by atoms with Crippen LogP contribution >= 0.6 is 0 Å². The zero-order chi connectivity index (χ0) is 14.2. The number of nitrogens with zero attached hydrogens (tertiary/aromatic N) is 1. The van der Waals surface area contributed by atoms with Crippen LogP contribution in [0.25, 0.3) is 0 Å². The fourth-order valence-electron chi connectivity index (χ4n) is 3.07. The smallest absolute Gasteiger partial charge is 0.248 e. The van der Waals surface area contributed by atoms with E-state index in [4.69, 9.17) is 9.47 Å². The Hall–Kier alpha value is -1.14. The van der Waals surface area contributed by atoms with Crippen LogP contribution in [0.4, 0.5) is 0 Å². The predicted molar refractivity (Wildman–Crippen MR) is 71.0 cm³/mol. The van der Waals surface area contributed by atoms with Gasteiger partial charge in [0, 0.05) is 19.5 Å². The van der Waals surface area contributed by atoms with Gasteiger partial charge in [0.05, 0.1) is 25.9 Å². The Balaban J connectivity index is 1.72. The second-order valence-electron chi connectivity index (χ2n) is 6.09. The number of ether oxygens (including phenoxy) is 2. The first-order chi connectivity index (χ1) is 9.59. The SMILES string of the molecule is CC1(C2CC2)NC(=O)CCN(CC2COCCO2)C1=O. The van der Waals surface area contributed by atoms with Crippen LogP contribution in [0, 0.1) is 5.92 Å². The molecule has 1 N–H and O–H groups in total. The van der Waals surface area contributed by atoms with E-state index < -0.39 is 5.54 Å². The Kier molecular flexibility index (Phi) is 3.69. The third kappa shape index (κ3) is 2.67. The fourth-order valence-corrected chi connectivity index (χ4v) is 3.07. The molecule has 2 heterocycles. The lowest BCUT2D eigenvalue weighted by Crippen LogP contribution is -2.58. The lowest BCUT2D eigenvalue weighted by molar-refractivity contribution is -0.144. The first-order valence-electron chi connectivity index (χ1n) is 7.39. The van der Waals surface area contributed by atoms with Crippen molar-refractivity contribution in [2.24, 2.45) is 5.92 Å². The summed E-state index contributed by atoms with van der Waals surface area (Å²) in [6.45, 7) is 4.55. The van der Waals surface area contributed by atoms with Crippen LogP contribution in [0.1, 0.15) is 26.2 Å². The van der Waals surface area contributed by atoms with Gasteiger partial charge in [-0.05, 0) is 25.7 Å². The molecule has 112 valence electrons. The monoisotopic (exact) mass is 282 g/mol. The largest absolute Gasteiger partial charge is 0.376 e. The summed E-state index contributed by atoms with van der Waals surface area (Å²) in [6.07, 6.45) is 2.31. The number of hydrogen-bond acceptors (Lipinski definition) is 4. The summed E-state index contributed by atoms with van der Waals surface area (Å²) in [7, 11) is 0. The van der Waals surface area contributed by atoms with E-state index in [1.807, 2.05) is 6.92 Å². The van der Waals surface area contributed by atoms with Crippen molar-refractivity contribution in [2.75, 3.05) is 32.9 Å². The van der Waals surface area contributed by atoms with Gasteiger partial charge in [-0.25, -0.2) is 0 Å². The summed E-state index contributed by atoms with van der Waals surface area (Å²) >= 11 is 0. The van der Waals surface area contributed by atoms with E-state index in [-0.39, 0.29) is 23.8 Å². The molecule has 3 aliphatic rings. The highest BCUT2D eigenvalue weighted by Crippen LogP contribution is 2.41. The normalized spacial score (nSPS) is 35.6. The zero-order valence-corrected chi connectivity index (χ0v) is 11.9. The molecule has 0 bridgehead atoms. The van der Waals surface area contributed by atoms with E-state index in [2.05, 4.69) is 5.32 Å². The van der Waals surface area contributed by atoms with Crippen LogP contribution in [0.3, 0.4) is 0 Å². The average molecular weight is 282 g/mol. The average Bonchev–Trinajstić information content (AvgIpc) is 3.28. The van der Waals surface area contributed by atoms with Gasteiger partial charge in [0.25, 0.3) is 0 Å². The molecular formula is C14H22N2O4. The second kappa shape index (κ2) is 5.33. The van der Waals surface area contributed by atoms with E-state index in [0.717, 1.165) is 12.8 Å². The Labute approximate surface area is 118 Å². The molecule has 2 unspecified atom stereocenters. The molecule has 0 aromatic rings. The molecular weight excluding hydrogens is 260 g/mol. The highest BCUT2D eigenvalue weighted by atomic mass is 16.6. The molecule has 0 aromatic heterocycles. The minimum atomic E-state index is -0.733. The minimum absolute atomic E-state index is 0.0278. The summed E-state index contributed by atoms with van der Waals surface area (Å²) in [5.41, 5.74) is -0.733. The molecule has 6 heteroatoms. The first kappa shape index (κ1) is 13.8. The molecule has 2 atom stereocenters. The summed E-state index contributed by atoms with van der Waals surface area (Å²) in [4.78, 5) is 26.4. The Morgan fingerprint density at radius 2 is 2.15 bits per heavy atom. The molecule has 1 aliphatic carbocycles. The van der Waals surface area contributed by atoms with Gasteiger partial charge < -0.3 is 19.7 Å². The minimum Gasteiger partial charge on any atom is -0.376 e. The molecule has 20 heavy (non-hydrogen) atoms. The number of hydrogen-bond donors (Lipinski definition) is 1. The molecule has 0 spiro atoms. The van der Waals surface area contributed by atoms with Crippen LogP contribution < -0.4 is 5.32 Å². The highest BCUT2D eigenvalue weighted by Gasteiger charge is 2.51. The third-order valence-electron chi connectivity index (χ3n) is 4.44. The van der Waals surface area contributed by atoms with Gasteiger partial charge in [-0.3, -0.25) is 9.59 Å². The number of rotatable bonds is 3. The maximum atomic E-state index is 12.8. The standard InChI is InChI=1S/C14H22N2O4/c1-14(10-2-3-10)13(18)16(5-4-12(17)15-14)8-11-9-19-6-7-20-11/h10-11H,2-9H2,1H3,(H,15,17). The molecule has 2 aliphatic heterocycles. The van der Waals surface area contributed by atoms with Gasteiger partial charge in [-0.1, -0.05) is 0 Å². The molecule has 0 aromatic carbocycles.